The molecule has 11 nitrogen and oxygen atoms in total. The molecule has 0 amide bonds. The summed E-state index contributed by atoms with van der Waals surface area (Å²) in [6.07, 6.45) is 4.60. The number of carboxylic acids is 2. The van der Waals surface area contributed by atoms with Crippen LogP contribution in [-0.4, -0.2) is 44.1 Å². The molecule has 6 rings (SSSR count). The molecule has 4 bridgehead atoms. The molecule has 1 aromatic carbocycles. The fourth-order valence-electron chi connectivity index (χ4n) is 6.86. The minimum Gasteiger partial charge on any atom is -0.480 e. The number of hydrogen-bond donors (Lipinski definition) is 4. The van der Waals surface area contributed by atoms with Crippen molar-refractivity contribution in [3.8, 4) is 5.75 Å². The highest BCUT2D eigenvalue weighted by molar-refractivity contribution is 7.46. The van der Waals surface area contributed by atoms with E-state index < -0.39 is 36.6 Å². The van der Waals surface area contributed by atoms with Crippen LogP contribution in [0.5, 0.6) is 5.75 Å². The lowest BCUT2D eigenvalue weighted by molar-refractivity contribution is -0.648. The minimum atomic E-state index is -4.82. The van der Waals surface area contributed by atoms with Crippen molar-refractivity contribution >= 4 is 19.8 Å². The van der Waals surface area contributed by atoms with Gasteiger partial charge >= 0.3 is 19.8 Å². The first-order valence-corrected chi connectivity index (χ1v) is 13.3. The van der Waals surface area contributed by atoms with Gasteiger partial charge in [0.05, 0.1) is 6.61 Å². The van der Waals surface area contributed by atoms with Crippen molar-refractivity contribution < 1.29 is 53.2 Å². The highest BCUT2D eigenvalue weighted by atomic mass is 31.2. The number of hydrogen-bond acceptors (Lipinski definition) is 7. The van der Waals surface area contributed by atoms with E-state index in [1.54, 1.807) is 12.1 Å². The predicted octanol–water partition coefficient (Wildman–Crippen LogP) is 3.05. The standard InChI is InChI=1S/C23H29O11P/c1-21(19(24)25,20(26)27)5-6-31-23(15-3-2-4-18(12-15)32-35(28,29)30)22(33-34-23)16-8-13-7-14(10-16)11-17(22)9-13/h2-4,12-14,16-17H,5-11H2,1H3,(H,24,25)(H,26,27)(H2,28,29,30). The molecule has 1 saturated heterocycles. The van der Waals surface area contributed by atoms with Gasteiger partial charge < -0.3 is 19.5 Å². The molecule has 1 aliphatic heterocycles. The van der Waals surface area contributed by atoms with Crippen LogP contribution in [0.2, 0.25) is 0 Å². The molecule has 4 N–H and O–H groups in total. The predicted molar refractivity (Wildman–Crippen MR) is 117 cm³/mol. The molecule has 0 aromatic heterocycles. The average molecular weight is 512 g/mol. The molecule has 12 heteroatoms. The van der Waals surface area contributed by atoms with Crippen LogP contribution in [0, 0.1) is 29.1 Å². The second kappa shape index (κ2) is 8.26. The lowest BCUT2D eigenvalue weighted by atomic mass is 9.47. The fraction of sp³-hybridized carbons (Fsp3) is 0.652. The highest BCUT2D eigenvalue weighted by Gasteiger charge is 2.76. The van der Waals surface area contributed by atoms with Crippen LogP contribution in [0.4, 0.5) is 0 Å². The van der Waals surface area contributed by atoms with Crippen LogP contribution in [0.25, 0.3) is 0 Å². The third-order valence-corrected chi connectivity index (χ3v) is 8.90. The number of rotatable bonds is 9. The van der Waals surface area contributed by atoms with Crippen molar-refractivity contribution in [2.24, 2.45) is 29.1 Å². The summed E-state index contributed by atoms with van der Waals surface area (Å²) < 4.78 is 22.5. The normalized spacial score (nSPS) is 35.6. The van der Waals surface area contributed by atoms with E-state index in [1.807, 2.05) is 0 Å². The first-order chi connectivity index (χ1) is 16.4. The molecule has 4 aliphatic carbocycles. The van der Waals surface area contributed by atoms with Crippen molar-refractivity contribution in [3.63, 3.8) is 0 Å². The molecule has 1 atom stereocenters. The summed E-state index contributed by atoms with van der Waals surface area (Å²) in [6.45, 7) is 0.870. The first kappa shape index (κ1) is 24.7. The van der Waals surface area contributed by atoms with Gasteiger partial charge in [0.1, 0.15) is 5.75 Å². The number of aliphatic carboxylic acids is 2. The molecule has 1 heterocycles. The van der Waals surface area contributed by atoms with Gasteiger partial charge in [-0.05, 0) is 81.3 Å². The number of phosphoric ester groups is 1. The highest BCUT2D eigenvalue weighted by Crippen LogP contribution is 2.69. The van der Waals surface area contributed by atoms with E-state index in [1.165, 1.54) is 18.6 Å². The molecule has 35 heavy (non-hydrogen) atoms. The second-order valence-electron chi connectivity index (χ2n) is 10.5. The van der Waals surface area contributed by atoms with Crippen molar-refractivity contribution in [1.29, 1.82) is 0 Å². The van der Waals surface area contributed by atoms with Crippen molar-refractivity contribution in [1.82, 2.24) is 0 Å². The number of carboxylic acid groups (broad SMARTS) is 2. The van der Waals surface area contributed by atoms with Gasteiger partial charge in [-0.1, -0.05) is 12.1 Å². The van der Waals surface area contributed by atoms with Gasteiger partial charge in [0.25, 0.3) is 5.79 Å². The van der Waals surface area contributed by atoms with Gasteiger partial charge in [-0.3, -0.25) is 19.4 Å². The molecule has 1 aromatic rings. The molecule has 5 fully saturated rings. The van der Waals surface area contributed by atoms with Gasteiger partial charge in [-0.15, -0.1) is 0 Å². The van der Waals surface area contributed by atoms with Gasteiger partial charge in [-0.25, -0.2) is 9.45 Å². The Morgan fingerprint density at radius 1 is 1.06 bits per heavy atom. The van der Waals surface area contributed by atoms with E-state index >= 15 is 0 Å². The van der Waals surface area contributed by atoms with Gasteiger partial charge in [-0.2, -0.15) is 4.89 Å². The zero-order valence-electron chi connectivity index (χ0n) is 19.2. The molecule has 1 spiro atoms. The van der Waals surface area contributed by atoms with Crippen LogP contribution in [0.1, 0.15) is 51.0 Å². The van der Waals surface area contributed by atoms with E-state index in [4.69, 9.17) is 19.0 Å². The molecular weight excluding hydrogens is 483 g/mol. The van der Waals surface area contributed by atoms with Gasteiger partial charge in [0.2, 0.25) is 0 Å². The van der Waals surface area contributed by atoms with Crippen LogP contribution >= 0.6 is 7.82 Å². The number of ether oxygens (including phenoxy) is 1. The van der Waals surface area contributed by atoms with E-state index in [2.05, 4.69) is 0 Å². The third-order valence-electron chi connectivity index (χ3n) is 8.45. The Balaban J connectivity index is 1.51. The summed E-state index contributed by atoms with van der Waals surface area (Å²) in [5.74, 6) is -3.12. The van der Waals surface area contributed by atoms with Crippen LogP contribution in [0.3, 0.4) is 0 Å². The van der Waals surface area contributed by atoms with Crippen LogP contribution < -0.4 is 4.52 Å². The Morgan fingerprint density at radius 3 is 2.14 bits per heavy atom. The molecule has 0 radical (unpaired) electrons. The molecule has 192 valence electrons. The first-order valence-electron chi connectivity index (χ1n) is 11.7. The van der Waals surface area contributed by atoms with Crippen molar-refractivity contribution in [3.05, 3.63) is 29.8 Å². The van der Waals surface area contributed by atoms with E-state index in [0.717, 1.165) is 32.6 Å². The number of phosphoric acid groups is 1. The van der Waals surface area contributed by atoms with Gasteiger partial charge in [0.15, 0.2) is 11.0 Å². The maximum atomic E-state index is 11.7. The minimum absolute atomic E-state index is 0.0887. The summed E-state index contributed by atoms with van der Waals surface area (Å²) in [6, 6.07) is 6.04. The molecular formula is C23H29O11P. The zero-order chi connectivity index (χ0) is 25.2. The Labute approximate surface area is 201 Å². The topological polar surface area (TPSA) is 169 Å². The summed E-state index contributed by atoms with van der Waals surface area (Å²) in [5, 5.41) is 19.0. The lowest BCUT2D eigenvalue weighted by Gasteiger charge is -2.69. The Bertz CT molecular complexity index is 1040. The number of benzene rings is 1. The van der Waals surface area contributed by atoms with E-state index in [-0.39, 0.29) is 30.6 Å². The smallest absolute Gasteiger partial charge is 0.480 e. The summed E-state index contributed by atoms with van der Waals surface area (Å²) in [5.41, 5.74) is -2.52. The third kappa shape index (κ3) is 3.80. The summed E-state index contributed by atoms with van der Waals surface area (Å²) in [4.78, 5) is 53.5. The van der Waals surface area contributed by atoms with Crippen molar-refractivity contribution in [2.75, 3.05) is 6.61 Å². The maximum absolute atomic E-state index is 11.7. The number of carbonyl (C=O) groups is 2. The average Bonchev–Trinajstić information content (AvgIpc) is 2.74. The van der Waals surface area contributed by atoms with Gasteiger partial charge in [0, 0.05) is 5.56 Å². The van der Waals surface area contributed by atoms with Crippen LogP contribution in [-0.2, 0) is 34.5 Å². The monoisotopic (exact) mass is 512 g/mol. The summed E-state index contributed by atoms with van der Waals surface area (Å²) >= 11 is 0. The largest absolute Gasteiger partial charge is 0.524 e. The van der Waals surface area contributed by atoms with Crippen LogP contribution in [0.15, 0.2) is 24.3 Å². The zero-order valence-corrected chi connectivity index (χ0v) is 20.1. The molecule has 5 aliphatic rings. The molecule has 1 unspecified atom stereocenters. The Hall–Kier alpha value is -2.01. The molecule has 4 saturated carbocycles. The summed E-state index contributed by atoms with van der Waals surface area (Å²) in [7, 11) is -4.82. The fourth-order valence-corrected chi connectivity index (χ4v) is 7.25. The Morgan fingerprint density at radius 2 is 1.66 bits per heavy atom. The van der Waals surface area contributed by atoms with E-state index in [0.29, 0.717) is 17.4 Å². The maximum Gasteiger partial charge on any atom is 0.524 e. The van der Waals surface area contributed by atoms with Crippen molar-refractivity contribution in [2.45, 2.75) is 56.8 Å². The SMILES string of the molecule is CC(CCOC1(c2cccc(OP(=O)(O)O)c2)OOC12C1CC3CC(C1)CC2C3)(C(=O)O)C(=O)O. The lowest BCUT2D eigenvalue weighted by Crippen LogP contribution is -2.76. The second-order valence-corrected chi connectivity index (χ2v) is 11.7. The quantitative estimate of drug-likeness (QED) is 0.218. The van der Waals surface area contributed by atoms with E-state index in [9.17, 15) is 34.2 Å². The Kier molecular flexibility index (Phi) is 5.82.